The molecule has 2 fully saturated rings. The summed E-state index contributed by atoms with van der Waals surface area (Å²) in [4.78, 5) is 12.7. The number of benzene rings is 1. The predicted octanol–water partition coefficient (Wildman–Crippen LogP) is 3.83. The zero-order valence-corrected chi connectivity index (χ0v) is 18.3. The minimum absolute atomic E-state index is 0. The van der Waals surface area contributed by atoms with E-state index < -0.39 is 0 Å². The third-order valence-electron chi connectivity index (χ3n) is 6.99. The number of fused-ring (bicyclic) bond motifs is 1. The summed E-state index contributed by atoms with van der Waals surface area (Å²) in [6, 6.07) is 6.34. The van der Waals surface area contributed by atoms with Gasteiger partial charge in [-0.2, -0.15) is 0 Å². The summed E-state index contributed by atoms with van der Waals surface area (Å²) in [5.41, 5.74) is 1.31. The molecule has 29 heavy (non-hydrogen) atoms. The smallest absolute Gasteiger partial charge is 0.220 e. The first-order valence-electron chi connectivity index (χ1n) is 11.0. The number of hydrogen-bond acceptors (Lipinski definition) is 4. The molecule has 2 heterocycles. The maximum absolute atomic E-state index is 12.7. The number of carbonyl (C=O) groups excluding carboxylic acids is 1. The van der Waals surface area contributed by atoms with Crippen molar-refractivity contribution in [2.45, 2.75) is 57.3 Å². The van der Waals surface area contributed by atoms with Gasteiger partial charge in [-0.15, -0.1) is 12.4 Å². The highest BCUT2D eigenvalue weighted by atomic mass is 35.5. The van der Waals surface area contributed by atoms with Crippen molar-refractivity contribution >= 4 is 18.3 Å². The van der Waals surface area contributed by atoms with Gasteiger partial charge in [-0.1, -0.05) is 25.8 Å². The van der Waals surface area contributed by atoms with E-state index in [2.05, 4.69) is 29.7 Å². The Morgan fingerprint density at radius 3 is 2.69 bits per heavy atom. The third kappa shape index (κ3) is 5.18. The van der Waals surface area contributed by atoms with E-state index in [-0.39, 0.29) is 23.7 Å². The molecule has 1 saturated carbocycles. The van der Waals surface area contributed by atoms with E-state index in [0.29, 0.717) is 31.5 Å². The normalized spacial score (nSPS) is 23.7. The fourth-order valence-electron chi connectivity index (χ4n) is 5.16. The van der Waals surface area contributed by atoms with Crippen molar-refractivity contribution in [3.05, 3.63) is 23.8 Å². The molecule has 0 spiro atoms. The van der Waals surface area contributed by atoms with Crippen LogP contribution in [0.25, 0.3) is 0 Å². The number of hydrogen-bond donors (Lipinski definition) is 2. The van der Waals surface area contributed by atoms with Crippen LogP contribution in [0.15, 0.2) is 18.2 Å². The van der Waals surface area contributed by atoms with Crippen molar-refractivity contribution in [1.29, 1.82) is 0 Å². The average Bonchev–Trinajstić information content (AvgIpc) is 3.23. The van der Waals surface area contributed by atoms with Crippen molar-refractivity contribution < 1.29 is 14.3 Å². The summed E-state index contributed by atoms with van der Waals surface area (Å²) in [6.45, 7) is 6.34. The van der Waals surface area contributed by atoms with Gasteiger partial charge in [-0.3, -0.25) is 4.79 Å². The highest BCUT2D eigenvalue weighted by Gasteiger charge is 2.37. The van der Waals surface area contributed by atoms with E-state index in [1.54, 1.807) is 0 Å². The van der Waals surface area contributed by atoms with E-state index in [1.165, 1.54) is 31.2 Å². The van der Waals surface area contributed by atoms with Crippen molar-refractivity contribution in [2.24, 2.45) is 11.8 Å². The maximum atomic E-state index is 12.7. The first-order valence-corrected chi connectivity index (χ1v) is 11.0. The lowest BCUT2D eigenvalue weighted by molar-refractivity contribution is -0.122. The SMILES string of the molecule is CC(CC(=O)NCC1(c2ccc3c(c2)OCCO3)CCCC1)C1CCCNC1.Cl. The van der Waals surface area contributed by atoms with Crippen molar-refractivity contribution in [3.8, 4) is 11.5 Å². The van der Waals surface area contributed by atoms with Crippen LogP contribution < -0.4 is 20.1 Å². The van der Waals surface area contributed by atoms with E-state index in [1.807, 2.05) is 6.07 Å². The molecule has 1 saturated heterocycles. The molecule has 2 unspecified atom stereocenters. The summed E-state index contributed by atoms with van der Waals surface area (Å²) in [7, 11) is 0. The molecular weight excluding hydrogens is 388 g/mol. The predicted molar refractivity (Wildman–Crippen MR) is 117 cm³/mol. The van der Waals surface area contributed by atoms with Gasteiger partial charge in [-0.05, 0) is 68.3 Å². The van der Waals surface area contributed by atoms with E-state index in [4.69, 9.17) is 9.47 Å². The maximum Gasteiger partial charge on any atom is 0.220 e. The molecule has 1 amide bonds. The Morgan fingerprint density at radius 2 is 1.97 bits per heavy atom. The van der Waals surface area contributed by atoms with Crippen LogP contribution in [0.2, 0.25) is 0 Å². The summed E-state index contributed by atoms with van der Waals surface area (Å²) < 4.78 is 11.5. The molecule has 2 N–H and O–H groups in total. The second kappa shape index (κ2) is 10.0. The van der Waals surface area contributed by atoms with Gasteiger partial charge in [0.25, 0.3) is 0 Å². The number of carbonyl (C=O) groups is 1. The number of amides is 1. The number of ether oxygens (including phenoxy) is 2. The zero-order valence-electron chi connectivity index (χ0n) is 17.5. The van der Waals surface area contributed by atoms with Gasteiger partial charge in [0.15, 0.2) is 11.5 Å². The summed E-state index contributed by atoms with van der Waals surface area (Å²) in [6.07, 6.45) is 7.77. The van der Waals surface area contributed by atoms with Crippen LogP contribution in [0.1, 0.15) is 57.4 Å². The average molecular weight is 423 g/mol. The Bertz CT molecular complexity index is 685. The molecule has 162 valence electrons. The molecule has 3 aliphatic rings. The lowest BCUT2D eigenvalue weighted by Crippen LogP contribution is -2.40. The summed E-state index contributed by atoms with van der Waals surface area (Å²) in [5.74, 6) is 2.93. The molecule has 4 rings (SSSR count). The molecule has 2 aliphatic heterocycles. The van der Waals surface area contributed by atoms with Crippen LogP contribution in [0.3, 0.4) is 0 Å². The highest BCUT2D eigenvalue weighted by molar-refractivity contribution is 5.85. The number of piperidine rings is 1. The topological polar surface area (TPSA) is 59.6 Å². The minimum Gasteiger partial charge on any atom is -0.486 e. The lowest BCUT2D eigenvalue weighted by atomic mass is 9.78. The van der Waals surface area contributed by atoms with E-state index >= 15 is 0 Å². The van der Waals surface area contributed by atoms with Crippen molar-refractivity contribution in [3.63, 3.8) is 0 Å². The third-order valence-corrected chi connectivity index (χ3v) is 6.99. The Morgan fingerprint density at radius 1 is 1.21 bits per heavy atom. The lowest BCUT2D eigenvalue weighted by Gasteiger charge is -2.32. The molecule has 1 aromatic rings. The standard InChI is InChI=1S/C23H34N2O3.ClH/c1-17(18-5-4-10-24-15-18)13-22(26)25-16-23(8-2-3-9-23)19-6-7-20-21(14-19)28-12-11-27-20;/h6-7,14,17-18,24H,2-5,8-13,15-16H2,1H3,(H,25,26);1H. The Hall–Kier alpha value is -1.46. The number of nitrogens with one attached hydrogen (secondary N) is 2. The summed E-state index contributed by atoms with van der Waals surface area (Å²) >= 11 is 0. The highest BCUT2D eigenvalue weighted by Crippen LogP contribution is 2.43. The monoisotopic (exact) mass is 422 g/mol. The Labute approximate surface area is 180 Å². The van der Waals surface area contributed by atoms with Crippen LogP contribution in [0.5, 0.6) is 11.5 Å². The second-order valence-corrected chi connectivity index (χ2v) is 8.91. The fraction of sp³-hybridized carbons (Fsp3) is 0.696. The van der Waals surface area contributed by atoms with Gasteiger partial charge >= 0.3 is 0 Å². The van der Waals surface area contributed by atoms with Gasteiger partial charge in [-0.25, -0.2) is 0 Å². The molecule has 0 bridgehead atoms. The van der Waals surface area contributed by atoms with Gasteiger partial charge in [0.05, 0.1) is 0 Å². The molecule has 0 radical (unpaired) electrons. The zero-order chi connectivity index (χ0) is 19.4. The summed E-state index contributed by atoms with van der Waals surface area (Å²) in [5, 5.41) is 6.75. The first-order chi connectivity index (χ1) is 13.7. The minimum atomic E-state index is 0. The van der Waals surface area contributed by atoms with Gasteiger partial charge < -0.3 is 20.1 Å². The Balaban J connectivity index is 0.00000240. The fourth-order valence-corrected chi connectivity index (χ4v) is 5.16. The van der Waals surface area contributed by atoms with Crippen LogP contribution in [0.4, 0.5) is 0 Å². The largest absolute Gasteiger partial charge is 0.486 e. The quantitative estimate of drug-likeness (QED) is 0.731. The molecule has 6 heteroatoms. The molecule has 1 aromatic carbocycles. The molecule has 2 atom stereocenters. The van der Waals surface area contributed by atoms with Gasteiger partial charge in [0.1, 0.15) is 13.2 Å². The van der Waals surface area contributed by atoms with Crippen LogP contribution >= 0.6 is 12.4 Å². The van der Waals surface area contributed by atoms with Crippen molar-refractivity contribution in [1.82, 2.24) is 10.6 Å². The van der Waals surface area contributed by atoms with Crippen LogP contribution in [-0.4, -0.2) is 38.8 Å². The molecule has 1 aliphatic carbocycles. The second-order valence-electron chi connectivity index (χ2n) is 8.91. The molecule has 5 nitrogen and oxygen atoms in total. The molecular formula is C23H35ClN2O3. The first kappa shape index (κ1) is 22.2. The Kier molecular flexibility index (Phi) is 7.69. The van der Waals surface area contributed by atoms with Gasteiger partial charge in [0.2, 0.25) is 5.91 Å². The van der Waals surface area contributed by atoms with Gasteiger partial charge in [0, 0.05) is 18.4 Å². The number of rotatable bonds is 6. The van der Waals surface area contributed by atoms with E-state index in [0.717, 1.165) is 44.0 Å². The van der Waals surface area contributed by atoms with Crippen LogP contribution in [0, 0.1) is 11.8 Å². The van der Waals surface area contributed by atoms with E-state index in [9.17, 15) is 4.79 Å². The van der Waals surface area contributed by atoms with Crippen LogP contribution in [-0.2, 0) is 10.2 Å². The van der Waals surface area contributed by atoms with Crippen molar-refractivity contribution in [2.75, 3.05) is 32.8 Å². The number of halogens is 1. The molecule has 0 aromatic heterocycles.